The zero-order chi connectivity index (χ0) is 10.3. The van der Waals surface area contributed by atoms with E-state index in [1.165, 1.54) is 6.92 Å². The highest BCUT2D eigenvalue weighted by atomic mass is 16.6. The molecular formula is C9H13O4+. The van der Waals surface area contributed by atoms with Crippen molar-refractivity contribution in [2.24, 2.45) is 0 Å². The molecule has 0 radical (unpaired) electrons. The van der Waals surface area contributed by atoms with Gasteiger partial charge >= 0.3 is 13.4 Å². The molecule has 0 fully saturated rings. The van der Waals surface area contributed by atoms with Crippen LogP contribution in [0.1, 0.15) is 8.35 Å². The molecule has 0 saturated carbocycles. The first-order chi connectivity index (χ1) is 6.07. The van der Waals surface area contributed by atoms with Crippen molar-refractivity contribution < 1.29 is 20.5 Å². The van der Waals surface area contributed by atoms with Crippen molar-refractivity contribution in [2.75, 3.05) is 13.2 Å². The molecule has 0 unspecified atom stereocenters. The summed E-state index contributed by atoms with van der Waals surface area (Å²) in [4.78, 5) is 21.3. The number of rotatable bonds is 5. The first-order valence-corrected chi connectivity index (χ1v) is 3.69. The lowest BCUT2D eigenvalue weighted by Crippen LogP contribution is -2.12. The molecule has 0 atom stereocenters. The number of hydrogen-bond donors (Lipinski definition) is 0. The molecule has 0 aliphatic rings. The van der Waals surface area contributed by atoms with Crippen LogP contribution in [0, 0.1) is 0 Å². The molecule has 0 aliphatic heterocycles. The maximum atomic E-state index is 10.8. The van der Waals surface area contributed by atoms with E-state index in [1.54, 1.807) is 0 Å². The van der Waals surface area contributed by atoms with Gasteiger partial charge in [-0.25, -0.2) is 9.59 Å². The van der Waals surface area contributed by atoms with Crippen LogP contribution in [0.15, 0.2) is 24.8 Å². The lowest BCUT2D eigenvalue weighted by molar-refractivity contribution is -0.146. The van der Waals surface area contributed by atoms with Crippen LogP contribution < -0.4 is 0 Å². The second-order valence-corrected chi connectivity index (χ2v) is 2.29. The molecule has 13 heavy (non-hydrogen) atoms. The van der Waals surface area contributed by atoms with Gasteiger partial charge in [-0.1, -0.05) is 13.2 Å². The number of carbonyl (C=O) groups is 2. The Hall–Kier alpha value is -1.58. The SMILES string of the molecule is C=CC(=O)OCCOC(=O)C(=C)C.[H+]. The number of hydrogen-bond acceptors (Lipinski definition) is 4. The highest BCUT2D eigenvalue weighted by Crippen LogP contribution is 1.91. The molecule has 0 bridgehead atoms. The third-order valence-electron chi connectivity index (χ3n) is 1.08. The summed E-state index contributed by atoms with van der Waals surface area (Å²) in [7, 11) is 0. The van der Waals surface area contributed by atoms with E-state index < -0.39 is 11.9 Å². The average molecular weight is 185 g/mol. The minimum Gasteiger partial charge on any atom is -0.459 e. The van der Waals surface area contributed by atoms with Gasteiger partial charge in [0, 0.05) is 11.6 Å². The Morgan fingerprint density at radius 3 is 2.38 bits per heavy atom. The summed E-state index contributed by atoms with van der Waals surface area (Å²) in [5.74, 6) is -1.03. The van der Waals surface area contributed by atoms with Crippen molar-refractivity contribution in [3.05, 3.63) is 24.8 Å². The number of ether oxygens (including phenoxy) is 2. The molecule has 0 heterocycles. The Labute approximate surface area is 78.3 Å². The van der Waals surface area contributed by atoms with Crippen molar-refractivity contribution in [2.45, 2.75) is 6.92 Å². The number of esters is 2. The van der Waals surface area contributed by atoms with Gasteiger partial charge in [0.15, 0.2) is 0 Å². The number of carbonyl (C=O) groups excluding carboxylic acids is 2. The molecule has 0 spiro atoms. The molecule has 72 valence electrons. The third kappa shape index (κ3) is 5.66. The largest absolute Gasteiger partial charge is 1.00 e. The summed E-state index contributed by atoms with van der Waals surface area (Å²) in [6.07, 6.45) is 1.04. The monoisotopic (exact) mass is 185 g/mol. The Balaban J connectivity index is 0. The fourth-order valence-electron chi connectivity index (χ4n) is 0.459. The fraction of sp³-hybridized carbons (Fsp3) is 0.333. The molecule has 0 aromatic heterocycles. The van der Waals surface area contributed by atoms with Crippen LogP contribution in [0.25, 0.3) is 0 Å². The van der Waals surface area contributed by atoms with E-state index in [0.717, 1.165) is 6.08 Å². The van der Waals surface area contributed by atoms with Crippen LogP contribution in [0.5, 0.6) is 0 Å². The van der Waals surface area contributed by atoms with Gasteiger partial charge in [-0.2, -0.15) is 0 Å². The summed E-state index contributed by atoms with van der Waals surface area (Å²) < 4.78 is 9.21. The van der Waals surface area contributed by atoms with Crippen LogP contribution in [-0.4, -0.2) is 25.2 Å². The van der Waals surface area contributed by atoms with E-state index in [2.05, 4.69) is 22.6 Å². The van der Waals surface area contributed by atoms with E-state index in [0.29, 0.717) is 5.57 Å². The zero-order valence-corrected chi connectivity index (χ0v) is 7.54. The minimum absolute atomic E-state index is 0. The summed E-state index contributed by atoms with van der Waals surface area (Å²) in [6, 6.07) is 0. The normalized spacial score (nSPS) is 8.69. The predicted molar refractivity (Wildman–Crippen MR) is 48.0 cm³/mol. The van der Waals surface area contributed by atoms with E-state index >= 15 is 0 Å². The minimum atomic E-state index is -0.536. The molecule has 0 aromatic rings. The van der Waals surface area contributed by atoms with E-state index in [1.807, 2.05) is 0 Å². The molecule has 0 aromatic carbocycles. The van der Waals surface area contributed by atoms with Gasteiger partial charge < -0.3 is 9.47 Å². The van der Waals surface area contributed by atoms with Crippen molar-refractivity contribution in [1.82, 2.24) is 0 Å². The van der Waals surface area contributed by atoms with Crippen molar-refractivity contribution >= 4 is 11.9 Å². The van der Waals surface area contributed by atoms with Crippen LogP contribution in [0.4, 0.5) is 0 Å². The molecule has 0 amide bonds. The van der Waals surface area contributed by atoms with Crippen molar-refractivity contribution in [3.63, 3.8) is 0 Å². The molecule has 0 saturated heterocycles. The van der Waals surface area contributed by atoms with Gasteiger partial charge in [0.2, 0.25) is 0 Å². The molecule has 0 rings (SSSR count). The lowest BCUT2D eigenvalue weighted by atomic mass is 10.4. The van der Waals surface area contributed by atoms with Crippen LogP contribution >= 0.6 is 0 Å². The van der Waals surface area contributed by atoms with Gasteiger partial charge in [-0.15, -0.1) is 0 Å². The topological polar surface area (TPSA) is 52.6 Å². The molecule has 4 heteroatoms. The average Bonchev–Trinajstić information content (AvgIpc) is 2.11. The van der Waals surface area contributed by atoms with Crippen LogP contribution in [0.3, 0.4) is 0 Å². The van der Waals surface area contributed by atoms with Gasteiger partial charge in [0.1, 0.15) is 13.2 Å². The van der Waals surface area contributed by atoms with Gasteiger partial charge in [0.25, 0.3) is 0 Å². The second kappa shape index (κ2) is 5.99. The van der Waals surface area contributed by atoms with Gasteiger partial charge in [-0.3, -0.25) is 0 Å². The highest BCUT2D eigenvalue weighted by molar-refractivity contribution is 5.86. The van der Waals surface area contributed by atoms with Crippen molar-refractivity contribution in [3.8, 4) is 0 Å². The molecule has 0 N–H and O–H groups in total. The standard InChI is InChI=1S/C9H12O4/c1-4-8(10)12-5-6-13-9(11)7(2)3/h4H,1-2,5-6H2,3H3/p+1. The molecule has 4 nitrogen and oxygen atoms in total. The maximum Gasteiger partial charge on any atom is 1.00 e. The first-order valence-electron chi connectivity index (χ1n) is 3.69. The predicted octanol–water partition coefficient (Wildman–Crippen LogP) is 0.947. The van der Waals surface area contributed by atoms with Crippen molar-refractivity contribution in [1.29, 1.82) is 0 Å². The smallest absolute Gasteiger partial charge is 0.459 e. The highest BCUT2D eigenvalue weighted by Gasteiger charge is 2.02. The summed E-state index contributed by atoms with van der Waals surface area (Å²) >= 11 is 0. The van der Waals surface area contributed by atoms with E-state index in [9.17, 15) is 9.59 Å². The molecule has 0 aliphatic carbocycles. The van der Waals surface area contributed by atoms with Crippen LogP contribution in [0.2, 0.25) is 0 Å². The summed E-state index contributed by atoms with van der Waals surface area (Å²) in [5.41, 5.74) is 0.315. The third-order valence-corrected chi connectivity index (χ3v) is 1.08. The van der Waals surface area contributed by atoms with Crippen LogP contribution in [-0.2, 0) is 19.1 Å². The molecular weight excluding hydrogens is 172 g/mol. The quantitative estimate of drug-likeness (QED) is 0.363. The summed E-state index contributed by atoms with van der Waals surface area (Å²) in [5, 5.41) is 0. The Morgan fingerprint density at radius 2 is 1.92 bits per heavy atom. The maximum absolute atomic E-state index is 10.8. The second-order valence-electron chi connectivity index (χ2n) is 2.29. The van der Waals surface area contributed by atoms with E-state index in [4.69, 9.17) is 0 Å². The Morgan fingerprint density at radius 1 is 1.38 bits per heavy atom. The lowest BCUT2D eigenvalue weighted by Gasteiger charge is -2.03. The Kier molecular flexibility index (Phi) is 5.27. The Bertz CT molecular complexity index is 235. The van der Waals surface area contributed by atoms with Gasteiger partial charge in [-0.05, 0) is 6.92 Å². The first kappa shape index (κ1) is 11.4. The van der Waals surface area contributed by atoms with E-state index in [-0.39, 0.29) is 14.6 Å². The summed E-state index contributed by atoms with van der Waals surface area (Å²) in [6.45, 7) is 8.20. The fourth-order valence-corrected chi connectivity index (χ4v) is 0.459. The van der Waals surface area contributed by atoms with Gasteiger partial charge in [0.05, 0.1) is 0 Å². The zero-order valence-electron chi connectivity index (χ0n) is 8.54.